The van der Waals surface area contributed by atoms with E-state index in [9.17, 15) is 0 Å². The molecule has 1 aliphatic carbocycles. The lowest BCUT2D eigenvalue weighted by Gasteiger charge is -2.28. The summed E-state index contributed by atoms with van der Waals surface area (Å²) in [7, 11) is 0. The first-order valence-corrected chi connectivity index (χ1v) is 22.4. The highest BCUT2D eigenvalue weighted by atomic mass is 32.1. The molecule has 0 N–H and O–H groups in total. The Balaban J connectivity index is 1.06. The van der Waals surface area contributed by atoms with Crippen LogP contribution < -0.4 is 0 Å². The van der Waals surface area contributed by atoms with E-state index in [1.54, 1.807) is 0 Å². The summed E-state index contributed by atoms with van der Waals surface area (Å²) in [6.45, 7) is 2.37. The standard InChI is InChI=1S/C60H40N2S/c1-60(47-20-9-4-10-21-47)53-26-13-11-22-49(53)50-33-32-43(37-54(50)60)55-38-56(62-59(61-55)42-18-7-3-8-19-42)46-35-44(41-30-28-40(29-31-41)39-16-5-2-6-17-39)34-45(36-46)48-24-15-25-52-51-23-12-14-27-57(51)63-58(48)52/h2-38H,1H3. The summed E-state index contributed by atoms with van der Waals surface area (Å²) < 4.78 is 2.58. The molecule has 0 saturated carbocycles. The SMILES string of the molecule is CC1(c2ccccc2)c2ccccc2-c2ccc(-c3cc(-c4cc(-c5ccc(-c6ccccc6)cc5)cc(-c5cccc6c5sc5ccccc56)c4)nc(-c4ccccc4)n3)cc21. The zero-order chi connectivity index (χ0) is 41.9. The minimum absolute atomic E-state index is 0.325. The van der Waals surface area contributed by atoms with E-state index in [2.05, 4.69) is 225 Å². The summed E-state index contributed by atoms with van der Waals surface area (Å²) in [5.41, 5.74) is 18.0. The van der Waals surface area contributed by atoms with Gasteiger partial charge in [-0.3, -0.25) is 0 Å². The Labute approximate surface area is 371 Å². The van der Waals surface area contributed by atoms with Crippen molar-refractivity contribution in [1.82, 2.24) is 9.97 Å². The molecular weight excluding hydrogens is 781 g/mol. The number of hydrogen-bond donors (Lipinski definition) is 0. The second-order valence-corrected chi connectivity index (χ2v) is 17.7. The third-order valence-corrected chi connectivity index (χ3v) is 14.2. The van der Waals surface area contributed by atoms with Crippen molar-refractivity contribution in [2.75, 3.05) is 0 Å². The lowest BCUT2D eigenvalue weighted by atomic mass is 9.74. The fourth-order valence-corrected chi connectivity index (χ4v) is 11.0. The third-order valence-electron chi connectivity index (χ3n) is 13.0. The average molecular weight is 821 g/mol. The summed E-state index contributed by atoms with van der Waals surface area (Å²) in [4.78, 5) is 10.7. The second-order valence-electron chi connectivity index (χ2n) is 16.6. The monoisotopic (exact) mass is 820 g/mol. The lowest BCUT2D eigenvalue weighted by Crippen LogP contribution is -2.22. The number of rotatable bonds is 7. The predicted molar refractivity (Wildman–Crippen MR) is 265 cm³/mol. The van der Waals surface area contributed by atoms with Gasteiger partial charge in [0, 0.05) is 42.3 Å². The van der Waals surface area contributed by atoms with Gasteiger partial charge in [0.2, 0.25) is 0 Å². The lowest BCUT2D eigenvalue weighted by molar-refractivity contribution is 0.714. The summed E-state index contributed by atoms with van der Waals surface area (Å²) in [5.74, 6) is 0.698. The normalized spacial score (nSPS) is 14.2. The fourth-order valence-electron chi connectivity index (χ4n) is 9.75. The van der Waals surface area contributed by atoms with E-state index in [0.29, 0.717) is 5.82 Å². The number of nitrogens with zero attached hydrogens (tertiary/aromatic N) is 2. The summed E-state index contributed by atoms with van der Waals surface area (Å²) in [6.07, 6.45) is 0. The molecule has 1 aliphatic rings. The molecule has 63 heavy (non-hydrogen) atoms. The average Bonchev–Trinajstić information content (AvgIpc) is 3.87. The first kappa shape index (κ1) is 37.1. The Morgan fingerprint density at radius 2 is 0.889 bits per heavy atom. The van der Waals surface area contributed by atoms with Crippen molar-refractivity contribution in [1.29, 1.82) is 0 Å². The van der Waals surface area contributed by atoms with E-state index in [1.807, 2.05) is 17.4 Å². The molecule has 1 unspecified atom stereocenters. The van der Waals surface area contributed by atoms with Gasteiger partial charge >= 0.3 is 0 Å². The van der Waals surface area contributed by atoms with Crippen LogP contribution in [0.1, 0.15) is 23.6 Å². The van der Waals surface area contributed by atoms with Gasteiger partial charge in [0.15, 0.2) is 5.82 Å². The molecule has 2 aromatic heterocycles. The molecule has 9 aromatic carbocycles. The van der Waals surface area contributed by atoms with Gasteiger partial charge in [0.25, 0.3) is 0 Å². The minimum atomic E-state index is -0.325. The van der Waals surface area contributed by atoms with E-state index in [-0.39, 0.29) is 5.41 Å². The molecule has 0 radical (unpaired) electrons. The van der Waals surface area contributed by atoms with Gasteiger partial charge < -0.3 is 0 Å². The maximum atomic E-state index is 5.39. The van der Waals surface area contributed by atoms with Gasteiger partial charge in [-0.15, -0.1) is 11.3 Å². The van der Waals surface area contributed by atoms with Crippen LogP contribution in [0, 0.1) is 0 Å². The van der Waals surface area contributed by atoms with Crippen LogP contribution >= 0.6 is 11.3 Å². The number of aromatic nitrogens is 2. The smallest absolute Gasteiger partial charge is 0.160 e. The van der Waals surface area contributed by atoms with E-state index >= 15 is 0 Å². The number of benzene rings is 9. The first-order valence-electron chi connectivity index (χ1n) is 21.6. The Kier molecular flexibility index (Phi) is 8.84. The van der Waals surface area contributed by atoms with E-state index in [0.717, 1.165) is 44.8 Å². The van der Waals surface area contributed by atoms with Crippen LogP contribution in [0.25, 0.3) is 98.6 Å². The Morgan fingerprint density at radius 1 is 0.349 bits per heavy atom. The molecule has 0 spiro atoms. The highest BCUT2D eigenvalue weighted by Crippen LogP contribution is 2.53. The van der Waals surface area contributed by atoms with Crippen molar-refractivity contribution in [3.8, 4) is 78.4 Å². The molecule has 12 rings (SSSR count). The molecule has 2 heterocycles. The maximum absolute atomic E-state index is 5.39. The van der Waals surface area contributed by atoms with Crippen LogP contribution in [0.5, 0.6) is 0 Å². The van der Waals surface area contributed by atoms with Gasteiger partial charge in [0.05, 0.1) is 11.4 Å². The summed E-state index contributed by atoms with van der Waals surface area (Å²) in [6, 6.07) is 81.2. The third kappa shape index (κ3) is 6.31. The van der Waals surface area contributed by atoms with Crippen LogP contribution in [-0.4, -0.2) is 9.97 Å². The molecule has 0 aliphatic heterocycles. The minimum Gasteiger partial charge on any atom is -0.228 e. The van der Waals surface area contributed by atoms with Crippen molar-refractivity contribution < 1.29 is 0 Å². The van der Waals surface area contributed by atoms with Gasteiger partial charge in [-0.05, 0) is 105 Å². The van der Waals surface area contributed by atoms with Crippen LogP contribution in [-0.2, 0) is 5.41 Å². The topological polar surface area (TPSA) is 25.8 Å². The van der Waals surface area contributed by atoms with Crippen molar-refractivity contribution >= 4 is 31.5 Å². The van der Waals surface area contributed by atoms with Gasteiger partial charge in [0.1, 0.15) is 0 Å². The maximum Gasteiger partial charge on any atom is 0.160 e. The highest BCUT2D eigenvalue weighted by Gasteiger charge is 2.40. The van der Waals surface area contributed by atoms with E-state index in [4.69, 9.17) is 9.97 Å². The zero-order valence-electron chi connectivity index (χ0n) is 34.7. The highest BCUT2D eigenvalue weighted by molar-refractivity contribution is 7.26. The number of thiophene rings is 1. The largest absolute Gasteiger partial charge is 0.228 e. The molecular formula is C60H40N2S. The quantitative estimate of drug-likeness (QED) is 0.160. The molecule has 1 atom stereocenters. The number of fused-ring (bicyclic) bond motifs is 6. The molecule has 2 nitrogen and oxygen atoms in total. The Morgan fingerprint density at radius 3 is 1.67 bits per heavy atom. The van der Waals surface area contributed by atoms with Crippen LogP contribution in [0.15, 0.2) is 224 Å². The fraction of sp³-hybridized carbons (Fsp3) is 0.0333. The van der Waals surface area contributed by atoms with Crippen LogP contribution in [0.3, 0.4) is 0 Å². The van der Waals surface area contributed by atoms with Crippen LogP contribution in [0.4, 0.5) is 0 Å². The van der Waals surface area contributed by atoms with Crippen molar-refractivity contribution in [3.05, 3.63) is 241 Å². The van der Waals surface area contributed by atoms with E-state index < -0.39 is 0 Å². The molecule has 0 fully saturated rings. The Hall–Kier alpha value is -7.72. The molecule has 11 aromatic rings. The van der Waals surface area contributed by atoms with Gasteiger partial charge in [-0.1, -0.05) is 188 Å². The molecule has 0 amide bonds. The first-order chi connectivity index (χ1) is 31.1. The molecule has 0 bridgehead atoms. The molecule has 296 valence electrons. The van der Waals surface area contributed by atoms with E-state index in [1.165, 1.54) is 64.7 Å². The zero-order valence-corrected chi connectivity index (χ0v) is 35.5. The predicted octanol–water partition coefficient (Wildman–Crippen LogP) is 16.2. The van der Waals surface area contributed by atoms with Crippen molar-refractivity contribution in [3.63, 3.8) is 0 Å². The van der Waals surface area contributed by atoms with Crippen molar-refractivity contribution in [2.45, 2.75) is 12.3 Å². The number of hydrogen-bond acceptors (Lipinski definition) is 3. The molecule has 3 heteroatoms. The van der Waals surface area contributed by atoms with Gasteiger partial charge in [-0.2, -0.15) is 0 Å². The van der Waals surface area contributed by atoms with Crippen LogP contribution in [0.2, 0.25) is 0 Å². The second kappa shape index (κ2) is 15.0. The Bertz CT molecular complexity index is 3500. The molecule has 0 saturated heterocycles. The summed E-state index contributed by atoms with van der Waals surface area (Å²) in [5, 5.41) is 2.57. The van der Waals surface area contributed by atoms with Gasteiger partial charge in [-0.25, -0.2) is 9.97 Å². The summed E-state index contributed by atoms with van der Waals surface area (Å²) >= 11 is 1.86. The van der Waals surface area contributed by atoms with Crippen molar-refractivity contribution in [2.24, 2.45) is 0 Å².